The average Bonchev–Trinajstić information content (AvgIpc) is 2.46. The Hall–Kier alpha value is -2.00. The Balaban J connectivity index is 2.08. The Morgan fingerprint density at radius 2 is 1.09 bits per heavy atom. The maximum Gasteiger partial charge on any atom is 0.0876 e. The summed E-state index contributed by atoms with van der Waals surface area (Å²) in [6, 6.07) is 16.0. The molecule has 0 spiro atoms. The van der Waals surface area contributed by atoms with Crippen molar-refractivity contribution in [2.75, 3.05) is 10.6 Å². The topological polar surface area (TPSA) is 35.5 Å². The number of benzene rings is 2. The Kier molecular flexibility index (Phi) is 4.71. The molecule has 0 bridgehead atoms. The van der Waals surface area contributed by atoms with Crippen molar-refractivity contribution < 1.29 is 5.21 Å². The summed E-state index contributed by atoms with van der Waals surface area (Å²) in [7, 11) is 0. The Labute approximate surface area is 139 Å². The van der Waals surface area contributed by atoms with E-state index < -0.39 is 0 Å². The molecule has 0 aliphatic rings. The number of hydrazine groups is 1. The zero-order chi connectivity index (χ0) is 17.3. The molecule has 0 aromatic heterocycles. The van der Waals surface area contributed by atoms with Crippen LogP contribution in [0.15, 0.2) is 48.5 Å². The number of hydrogen-bond donors (Lipinski definition) is 2. The number of rotatable bonds is 3. The van der Waals surface area contributed by atoms with Crippen LogP contribution in [-0.2, 0) is 10.8 Å². The van der Waals surface area contributed by atoms with Crippen molar-refractivity contribution in [1.29, 1.82) is 0 Å². The first kappa shape index (κ1) is 17.4. The summed E-state index contributed by atoms with van der Waals surface area (Å²) < 4.78 is 0. The number of nitrogens with zero attached hydrogens (tertiary/aromatic N) is 1. The van der Waals surface area contributed by atoms with Crippen molar-refractivity contribution in [3.05, 3.63) is 59.7 Å². The Bertz CT molecular complexity index is 631. The van der Waals surface area contributed by atoms with Gasteiger partial charge in [0.1, 0.15) is 0 Å². The lowest BCUT2D eigenvalue weighted by Gasteiger charge is -2.23. The molecule has 0 saturated carbocycles. The standard InChI is InChI=1S/C20H28N2O/c1-19(2,3)15-7-11-17(12-8-15)21-22(23)18-13-9-16(10-14-18)20(4,5)6/h7-14,21,23H,1-6H3. The molecule has 0 unspecified atom stereocenters. The van der Waals surface area contributed by atoms with Crippen LogP contribution in [0.5, 0.6) is 0 Å². The summed E-state index contributed by atoms with van der Waals surface area (Å²) in [6.45, 7) is 13.1. The number of anilines is 2. The average molecular weight is 312 g/mol. The highest BCUT2D eigenvalue weighted by atomic mass is 16.5. The molecule has 0 fully saturated rings. The quantitative estimate of drug-likeness (QED) is 0.734. The van der Waals surface area contributed by atoms with E-state index in [2.05, 4.69) is 59.1 Å². The van der Waals surface area contributed by atoms with Gasteiger partial charge in [0, 0.05) is 0 Å². The van der Waals surface area contributed by atoms with Gasteiger partial charge in [-0.1, -0.05) is 65.8 Å². The highest BCUT2D eigenvalue weighted by molar-refractivity contribution is 5.54. The lowest BCUT2D eigenvalue weighted by molar-refractivity contribution is 0.277. The normalized spacial score (nSPS) is 12.1. The molecule has 0 aliphatic carbocycles. The van der Waals surface area contributed by atoms with Crippen LogP contribution in [0.2, 0.25) is 0 Å². The monoisotopic (exact) mass is 312 g/mol. The molecule has 0 atom stereocenters. The van der Waals surface area contributed by atoms with Crippen molar-refractivity contribution >= 4 is 11.4 Å². The fraction of sp³-hybridized carbons (Fsp3) is 0.400. The molecule has 2 N–H and O–H groups in total. The molecular weight excluding hydrogens is 284 g/mol. The first-order chi connectivity index (χ1) is 10.6. The summed E-state index contributed by atoms with van der Waals surface area (Å²) in [5.41, 5.74) is 7.28. The summed E-state index contributed by atoms with van der Waals surface area (Å²) in [6.07, 6.45) is 0. The van der Waals surface area contributed by atoms with Crippen LogP contribution in [0.1, 0.15) is 52.7 Å². The van der Waals surface area contributed by atoms with Gasteiger partial charge in [0.2, 0.25) is 0 Å². The van der Waals surface area contributed by atoms with E-state index in [1.54, 1.807) is 0 Å². The first-order valence-corrected chi connectivity index (χ1v) is 8.04. The maximum atomic E-state index is 10.2. The molecule has 2 aromatic rings. The van der Waals surface area contributed by atoms with Crippen molar-refractivity contribution in [2.45, 2.75) is 52.4 Å². The molecule has 0 heterocycles. The highest BCUT2D eigenvalue weighted by Gasteiger charge is 2.15. The predicted molar refractivity (Wildman–Crippen MR) is 98.2 cm³/mol. The van der Waals surface area contributed by atoms with E-state index in [0.717, 1.165) is 10.9 Å². The molecular formula is C20H28N2O. The second kappa shape index (κ2) is 6.25. The van der Waals surface area contributed by atoms with Gasteiger partial charge in [-0.15, -0.1) is 0 Å². The summed E-state index contributed by atoms with van der Waals surface area (Å²) in [5.74, 6) is 0. The predicted octanol–water partition coefficient (Wildman–Crippen LogP) is 5.50. The van der Waals surface area contributed by atoms with Crippen LogP contribution < -0.4 is 10.6 Å². The summed E-state index contributed by atoms with van der Waals surface area (Å²) >= 11 is 0. The van der Waals surface area contributed by atoms with Crippen molar-refractivity contribution in [3.63, 3.8) is 0 Å². The van der Waals surface area contributed by atoms with Crippen molar-refractivity contribution in [3.8, 4) is 0 Å². The van der Waals surface area contributed by atoms with Gasteiger partial charge in [-0.25, -0.2) is 0 Å². The fourth-order valence-corrected chi connectivity index (χ4v) is 2.33. The third-order valence-corrected chi connectivity index (χ3v) is 3.96. The molecule has 0 amide bonds. The summed E-state index contributed by atoms with van der Waals surface area (Å²) in [4.78, 5) is 0. The molecule has 0 aliphatic heterocycles. The zero-order valence-corrected chi connectivity index (χ0v) is 15.0. The molecule has 0 saturated heterocycles. The highest BCUT2D eigenvalue weighted by Crippen LogP contribution is 2.26. The SMILES string of the molecule is CC(C)(C)c1ccc(NN(O)c2ccc(C(C)(C)C)cc2)cc1. The first-order valence-electron chi connectivity index (χ1n) is 8.04. The second-order valence-electron chi connectivity index (χ2n) is 8.05. The van der Waals surface area contributed by atoms with E-state index in [9.17, 15) is 5.21 Å². The van der Waals surface area contributed by atoms with Crippen LogP contribution >= 0.6 is 0 Å². The zero-order valence-electron chi connectivity index (χ0n) is 15.0. The van der Waals surface area contributed by atoms with Gasteiger partial charge in [-0.05, 0) is 46.2 Å². The minimum Gasteiger partial charge on any atom is -0.275 e. The van der Waals surface area contributed by atoms with Gasteiger partial charge in [0.25, 0.3) is 0 Å². The minimum atomic E-state index is 0.106. The third-order valence-electron chi connectivity index (χ3n) is 3.96. The fourth-order valence-electron chi connectivity index (χ4n) is 2.33. The van der Waals surface area contributed by atoms with E-state index in [1.165, 1.54) is 11.1 Å². The van der Waals surface area contributed by atoms with Crippen LogP contribution in [0.25, 0.3) is 0 Å². The molecule has 3 heteroatoms. The Morgan fingerprint density at radius 1 is 0.696 bits per heavy atom. The van der Waals surface area contributed by atoms with Gasteiger partial charge in [0.05, 0.1) is 11.4 Å². The van der Waals surface area contributed by atoms with Crippen molar-refractivity contribution in [1.82, 2.24) is 0 Å². The van der Waals surface area contributed by atoms with Crippen LogP contribution in [0.4, 0.5) is 11.4 Å². The molecule has 124 valence electrons. The van der Waals surface area contributed by atoms with E-state index in [1.807, 2.05) is 36.4 Å². The van der Waals surface area contributed by atoms with Gasteiger partial charge in [0.15, 0.2) is 0 Å². The maximum absolute atomic E-state index is 10.2. The number of nitrogens with one attached hydrogen (secondary N) is 1. The van der Waals surface area contributed by atoms with Crippen LogP contribution in [-0.4, -0.2) is 5.21 Å². The largest absolute Gasteiger partial charge is 0.275 e. The lowest BCUT2D eigenvalue weighted by atomic mass is 9.87. The molecule has 3 nitrogen and oxygen atoms in total. The van der Waals surface area contributed by atoms with Gasteiger partial charge in [-0.2, -0.15) is 5.17 Å². The van der Waals surface area contributed by atoms with E-state index in [0.29, 0.717) is 5.69 Å². The number of hydrogen-bond acceptors (Lipinski definition) is 3. The smallest absolute Gasteiger partial charge is 0.0876 e. The van der Waals surface area contributed by atoms with Crippen LogP contribution in [0.3, 0.4) is 0 Å². The van der Waals surface area contributed by atoms with Gasteiger partial charge in [-0.3, -0.25) is 10.6 Å². The second-order valence-corrected chi connectivity index (χ2v) is 8.05. The summed E-state index contributed by atoms with van der Waals surface area (Å²) in [5, 5.41) is 11.3. The van der Waals surface area contributed by atoms with E-state index in [-0.39, 0.29) is 10.8 Å². The lowest BCUT2D eigenvalue weighted by Crippen LogP contribution is -2.25. The van der Waals surface area contributed by atoms with E-state index >= 15 is 0 Å². The van der Waals surface area contributed by atoms with Crippen molar-refractivity contribution in [2.24, 2.45) is 0 Å². The minimum absolute atomic E-state index is 0.106. The van der Waals surface area contributed by atoms with E-state index in [4.69, 9.17) is 0 Å². The van der Waals surface area contributed by atoms with Crippen LogP contribution in [0, 0.1) is 0 Å². The third kappa shape index (κ3) is 4.49. The molecule has 0 radical (unpaired) electrons. The Morgan fingerprint density at radius 3 is 1.48 bits per heavy atom. The van der Waals surface area contributed by atoms with Gasteiger partial charge < -0.3 is 0 Å². The molecule has 23 heavy (non-hydrogen) atoms. The molecule has 2 aromatic carbocycles. The van der Waals surface area contributed by atoms with Gasteiger partial charge >= 0.3 is 0 Å². The molecule has 2 rings (SSSR count).